The molecule has 0 fully saturated rings. The van der Waals surface area contributed by atoms with Gasteiger partial charge in [-0.25, -0.2) is 4.98 Å². The highest BCUT2D eigenvalue weighted by Gasteiger charge is 2.38. The molecule has 0 saturated carbocycles. The SMILES string of the molecule is CC1=C(C(=O)Nc2ccccn2)[C@@H](c2cccc(Cl)c2)C2=C(CCCC2=O)N1. The Bertz CT molecular complexity index is 1010. The zero-order valence-corrected chi connectivity index (χ0v) is 16.2. The van der Waals surface area contributed by atoms with Gasteiger partial charge < -0.3 is 10.6 Å². The molecule has 5 nitrogen and oxygen atoms in total. The first kappa shape index (κ1) is 18.4. The van der Waals surface area contributed by atoms with E-state index in [4.69, 9.17) is 11.6 Å². The van der Waals surface area contributed by atoms with Crippen LogP contribution in [0.4, 0.5) is 5.82 Å². The van der Waals surface area contributed by atoms with Crippen LogP contribution >= 0.6 is 11.6 Å². The Morgan fingerprint density at radius 3 is 2.82 bits per heavy atom. The molecule has 142 valence electrons. The zero-order valence-electron chi connectivity index (χ0n) is 15.5. The minimum absolute atomic E-state index is 0.0781. The predicted molar refractivity (Wildman–Crippen MR) is 109 cm³/mol. The molecule has 2 N–H and O–H groups in total. The molecule has 1 aromatic heterocycles. The zero-order chi connectivity index (χ0) is 19.7. The van der Waals surface area contributed by atoms with Crippen LogP contribution in [0.1, 0.15) is 37.7 Å². The van der Waals surface area contributed by atoms with Gasteiger partial charge in [-0.2, -0.15) is 0 Å². The number of Topliss-reactive ketones (excluding diaryl/α,β-unsaturated/α-hetero) is 1. The summed E-state index contributed by atoms with van der Waals surface area (Å²) in [6, 6.07) is 12.7. The quantitative estimate of drug-likeness (QED) is 0.813. The van der Waals surface area contributed by atoms with E-state index in [1.165, 1.54) is 0 Å². The van der Waals surface area contributed by atoms with Crippen LogP contribution < -0.4 is 10.6 Å². The van der Waals surface area contributed by atoms with Gasteiger partial charge >= 0.3 is 0 Å². The maximum atomic E-state index is 13.2. The van der Waals surface area contributed by atoms with Gasteiger partial charge in [-0.05, 0) is 49.6 Å². The molecule has 0 saturated heterocycles. The third-order valence-corrected chi connectivity index (χ3v) is 5.34. The molecule has 0 unspecified atom stereocenters. The molecule has 4 rings (SSSR count). The van der Waals surface area contributed by atoms with Crippen LogP contribution in [0.5, 0.6) is 0 Å². The third-order valence-electron chi connectivity index (χ3n) is 5.11. The van der Waals surface area contributed by atoms with Gasteiger partial charge in [-0.3, -0.25) is 9.59 Å². The first-order valence-corrected chi connectivity index (χ1v) is 9.64. The van der Waals surface area contributed by atoms with Crippen molar-refractivity contribution in [3.63, 3.8) is 0 Å². The highest BCUT2D eigenvalue weighted by molar-refractivity contribution is 6.30. The molecule has 28 heavy (non-hydrogen) atoms. The van der Waals surface area contributed by atoms with Crippen LogP contribution in [-0.2, 0) is 9.59 Å². The van der Waals surface area contributed by atoms with Gasteiger partial charge in [-0.1, -0.05) is 29.8 Å². The van der Waals surface area contributed by atoms with Crippen molar-refractivity contribution >= 4 is 29.1 Å². The number of rotatable bonds is 3. The lowest BCUT2D eigenvalue weighted by molar-refractivity contribution is -0.116. The number of hydrogen-bond donors (Lipinski definition) is 2. The van der Waals surface area contributed by atoms with Crippen LogP contribution in [0.3, 0.4) is 0 Å². The first-order valence-electron chi connectivity index (χ1n) is 9.26. The van der Waals surface area contributed by atoms with E-state index in [9.17, 15) is 9.59 Å². The maximum Gasteiger partial charge on any atom is 0.255 e. The molecule has 1 aliphatic heterocycles. The summed E-state index contributed by atoms with van der Waals surface area (Å²) in [7, 11) is 0. The fourth-order valence-electron chi connectivity index (χ4n) is 3.92. The summed E-state index contributed by atoms with van der Waals surface area (Å²) >= 11 is 6.23. The number of carbonyl (C=O) groups excluding carboxylic acids is 2. The second-order valence-electron chi connectivity index (χ2n) is 6.99. The number of nitrogens with zero attached hydrogens (tertiary/aromatic N) is 1. The first-order chi connectivity index (χ1) is 13.5. The number of ketones is 1. The summed E-state index contributed by atoms with van der Waals surface area (Å²) in [6.45, 7) is 1.87. The van der Waals surface area contributed by atoms with Crippen LogP contribution in [0.2, 0.25) is 5.02 Å². The Morgan fingerprint density at radius 2 is 2.07 bits per heavy atom. The predicted octanol–water partition coefficient (Wildman–Crippen LogP) is 4.34. The van der Waals surface area contributed by atoms with E-state index in [-0.39, 0.29) is 11.7 Å². The standard InChI is InChI=1S/C22H20ClN3O2/c1-13-19(22(28)26-18-10-2-3-11-24-18)20(14-6-4-7-15(23)12-14)21-16(25-13)8-5-9-17(21)27/h2-4,6-7,10-12,20,25H,5,8-9H2,1H3,(H,24,26,28)/t20-/m1/s1. The van der Waals surface area contributed by atoms with Crippen LogP contribution in [0.25, 0.3) is 0 Å². The molecular formula is C22H20ClN3O2. The highest BCUT2D eigenvalue weighted by atomic mass is 35.5. The molecule has 6 heteroatoms. The van der Waals surface area contributed by atoms with Crippen molar-refractivity contribution in [1.82, 2.24) is 10.3 Å². The number of nitrogens with one attached hydrogen (secondary N) is 2. The van der Waals surface area contributed by atoms with Crippen molar-refractivity contribution in [2.45, 2.75) is 32.1 Å². The largest absolute Gasteiger partial charge is 0.362 e. The molecule has 0 bridgehead atoms. The van der Waals surface area contributed by atoms with E-state index in [2.05, 4.69) is 15.6 Å². The summed E-state index contributed by atoms with van der Waals surface area (Å²) in [5.74, 6) is -0.188. The molecule has 1 aromatic carbocycles. The van der Waals surface area contributed by atoms with Crippen LogP contribution in [0, 0.1) is 0 Å². The molecule has 1 aliphatic carbocycles. The minimum atomic E-state index is -0.452. The van der Waals surface area contributed by atoms with E-state index in [1.807, 2.05) is 31.2 Å². The molecule has 2 aliphatic rings. The topological polar surface area (TPSA) is 71.1 Å². The van der Waals surface area contributed by atoms with Crippen LogP contribution in [0.15, 0.2) is 71.2 Å². The highest BCUT2D eigenvalue weighted by Crippen LogP contribution is 2.42. The van der Waals surface area contributed by atoms with Gasteiger partial charge in [-0.15, -0.1) is 0 Å². The molecule has 2 aromatic rings. The average molecular weight is 394 g/mol. The summed E-state index contributed by atoms with van der Waals surface area (Å²) in [4.78, 5) is 30.2. The lowest BCUT2D eigenvalue weighted by atomic mass is 9.75. The van der Waals surface area contributed by atoms with Crippen molar-refractivity contribution < 1.29 is 9.59 Å². The lowest BCUT2D eigenvalue weighted by Crippen LogP contribution is -2.35. The molecule has 1 amide bonds. The maximum absolute atomic E-state index is 13.2. The number of amides is 1. The normalized spacial score (nSPS) is 19.2. The number of anilines is 1. The van der Waals surface area contributed by atoms with Crippen molar-refractivity contribution in [3.8, 4) is 0 Å². The van der Waals surface area contributed by atoms with Crippen molar-refractivity contribution in [1.29, 1.82) is 0 Å². The van der Waals surface area contributed by atoms with Gasteiger partial charge in [0.2, 0.25) is 0 Å². The molecule has 1 atom stereocenters. The number of halogens is 1. The summed E-state index contributed by atoms with van der Waals surface area (Å²) in [6.07, 6.45) is 3.72. The second-order valence-corrected chi connectivity index (χ2v) is 7.43. The third kappa shape index (κ3) is 3.45. The van der Waals surface area contributed by atoms with Crippen LogP contribution in [-0.4, -0.2) is 16.7 Å². The summed E-state index contributed by atoms with van der Waals surface area (Å²) < 4.78 is 0. The van der Waals surface area contributed by atoms with E-state index in [0.29, 0.717) is 28.4 Å². The average Bonchev–Trinajstić information content (AvgIpc) is 2.68. The Labute approximate surface area is 168 Å². The van der Waals surface area contributed by atoms with Crippen molar-refractivity contribution in [2.75, 3.05) is 5.32 Å². The Balaban J connectivity index is 1.80. The molecule has 0 radical (unpaired) electrons. The Kier molecular flexibility index (Phi) is 5.01. The Morgan fingerprint density at radius 1 is 1.21 bits per heavy atom. The summed E-state index contributed by atoms with van der Waals surface area (Å²) in [5.41, 5.74) is 3.68. The lowest BCUT2D eigenvalue weighted by Gasteiger charge is -2.34. The number of pyridine rings is 1. The fraction of sp³-hybridized carbons (Fsp3) is 0.227. The van der Waals surface area contributed by atoms with Gasteiger partial charge in [0.15, 0.2) is 5.78 Å². The smallest absolute Gasteiger partial charge is 0.255 e. The fourth-order valence-corrected chi connectivity index (χ4v) is 4.12. The molecule has 2 heterocycles. The number of dihydropyridines is 1. The van der Waals surface area contributed by atoms with Gasteiger partial charge in [0.25, 0.3) is 5.91 Å². The number of aromatic nitrogens is 1. The molecular weight excluding hydrogens is 374 g/mol. The van der Waals surface area contributed by atoms with Gasteiger partial charge in [0, 0.05) is 46.1 Å². The second kappa shape index (κ2) is 7.60. The minimum Gasteiger partial charge on any atom is -0.362 e. The van der Waals surface area contributed by atoms with E-state index < -0.39 is 5.92 Å². The van der Waals surface area contributed by atoms with E-state index in [1.54, 1.807) is 24.4 Å². The van der Waals surface area contributed by atoms with Gasteiger partial charge in [0.05, 0.1) is 0 Å². The van der Waals surface area contributed by atoms with Crippen molar-refractivity contribution in [2.24, 2.45) is 0 Å². The van der Waals surface area contributed by atoms with E-state index in [0.717, 1.165) is 29.8 Å². The number of benzene rings is 1. The van der Waals surface area contributed by atoms with Crippen molar-refractivity contribution in [3.05, 3.63) is 81.8 Å². The monoisotopic (exact) mass is 393 g/mol. The number of carbonyl (C=O) groups is 2. The number of hydrogen-bond acceptors (Lipinski definition) is 4. The number of allylic oxidation sites excluding steroid dienone is 3. The molecule has 0 spiro atoms. The summed E-state index contributed by atoms with van der Waals surface area (Å²) in [5, 5.41) is 6.73. The van der Waals surface area contributed by atoms with Gasteiger partial charge in [0.1, 0.15) is 5.82 Å². The van der Waals surface area contributed by atoms with E-state index >= 15 is 0 Å². The Hall–Kier alpha value is -2.92.